The summed E-state index contributed by atoms with van der Waals surface area (Å²) in [6.07, 6.45) is 1.19. The lowest BCUT2D eigenvalue weighted by atomic mass is 9.91. The molecule has 1 amide bonds. The fraction of sp³-hybridized carbons (Fsp3) is 0.500. The Hall–Kier alpha value is -2.37. The van der Waals surface area contributed by atoms with Gasteiger partial charge in [0.1, 0.15) is 5.75 Å². The molecule has 1 aliphatic rings. The van der Waals surface area contributed by atoms with Crippen molar-refractivity contribution in [1.82, 2.24) is 15.0 Å². The van der Waals surface area contributed by atoms with Crippen LogP contribution in [0, 0.1) is 18.8 Å². The minimum Gasteiger partial charge on any atom is -0.485 e. The molecule has 0 aliphatic carbocycles. The first-order valence-corrected chi connectivity index (χ1v) is 8.32. The van der Waals surface area contributed by atoms with E-state index < -0.39 is 0 Å². The molecule has 6 heteroatoms. The van der Waals surface area contributed by atoms with Crippen LogP contribution in [0.25, 0.3) is 0 Å². The summed E-state index contributed by atoms with van der Waals surface area (Å²) < 4.78 is 10.5. The number of hydrogen-bond donors (Lipinski definition) is 0. The topological polar surface area (TPSA) is 68.5 Å². The molecule has 1 fully saturated rings. The number of carbonyl (C=O) groups excluding carboxylic acids is 1. The van der Waals surface area contributed by atoms with Gasteiger partial charge in [0.2, 0.25) is 11.7 Å². The van der Waals surface area contributed by atoms with Crippen LogP contribution in [0.1, 0.15) is 42.3 Å². The molecule has 1 saturated heterocycles. The molecule has 0 bridgehead atoms. The number of likely N-dealkylation sites (tertiary alicyclic amines) is 1. The molecule has 0 unspecified atom stereocenters. The van der Waals surface area contributed by atoms with Crippen LogP contribution in [0.4, 0.5) is 0 Å². The van der Waals surface area contributed by atoms with Crippen molar-refractivity contribution in [2.75, 3.05) is 13.1 Å². The maximum absolute atomic E-state index is 12.6. The van der Waals surface area contributed by atoms with E-state index in [1.807, 2.05) is 17.0 Å². The molecule has 24 heavy (non-hydrogen) atoms. The molecule has 2 atom stereocenters. The molecule has 2 aromatic rings. The Morgan fingerprint density at radius 3 is 2.50 bits per heavy atom. The van der Waals surface area contributed by atoms with Gasteiger partial charge in [-0.3, -0.25) is 4.79 Å². The zero-order valence-electron chi connectivity index (χ0n) is 14.4. The third-order valence-corrected chi connectivity index (χ3v) is 4.19. The van der Waals surface area contributed by atoms with Crippen molar-refractivity contribution in [3.8, 4) is 5.75 Å². The van der Waals surface area contributed by atoms with E-state index in [1.54, 1.807) is 19.1 Å². The number of rotatable bonds is 4. The summed E-state index contributed by atoms with van der Waals surface area (Å²) in [4.78, 5) is 18.7. The number of carbonyl (C=O) groups is 1. The average Bonchev–Trinajstić information content (AvgIpc) is 2.97. The van der Waals surface area contributed by atoms with E-state index in [9.17, 15) is 4.79 Å². The van der Waals surface area contributed by atoms with Gasteiger partial charge in [-0.15, -0.1) is 0 Å². The Morgan fingerprint density at radius 2 is 1.92 bits per heavy atom. The van der Waals surface area contributed by atoms with Gasteiger partial charge < -0.3 is 14.2 Å². The Kier molecular flexibility index (Phi) is 4.83. The maximum Gasteiger partial charge on any atom is 0.253 e. The molecule has 0 N–H and O–H groups in total. The summed E-state index contributed by atoms with van der Waals surface area (Å²) in [6, 6.07) is 7.22. The highest BCUT2D eigenvalue weighted by Gasteiger charge is 2.26. The number of aryl methyl sites for hydroxylation is 1. The van der Waals surface area contributed by atoms with E-state index in [0.29, 0.717) is 34.9 Å². The van der Waals surface area contributed by atoms with Crippen molar-refractivity contribution < 1.29 is 14.1 Å². The molecule has 128 valence electrons. The third-order valence-electron chi connectivity index (χ3n) is 4.19. The van der Waals surface area contributed by atoms with Gasteiger partial charge in [-0.05, 0) is 42.5 Å². The zero-order chi connectivity index (χ0) is 17.1. The molecule has 0 radical (unpaired) electrons. The summed E-state index contributed by atoms with van der Waals surface area (Å²) in [7, 11) is 0. The lowest BCUT2D eigenvalue weighted by molar-refractivity contribution is 0.0623. The lowest BCUT2D eigenvalue weighted by Gasteiger charge is -2.35. The fourth-order valence-corrected chi connectivity index (χ4v) is 3.25. The first kappa shape index (κ1) is 16.5. The highest BCUT2D eigenvalue weighted by Crippen LogP contribution is 2.23. The van der Waals surface area contributed by atoms with Crippen LogP contribution in [-0.2, 0) is 6.61 Å². The summed E-state index contributed by atoms with van der Waals surface area (Å²) in [6.45, 7) is 8.04. The van der Waals surface area contributed by atoms with Gasteiger partial charge >= 0.3 is 0 Å². The Morgan fingerprint density at radius 1 is 1.25 bits per heavy atom. The zero-order valence-corrected chi connectivity index (χ0v) is 14.4. The quantitative estimate of drug-likeness (QED) is 0.862. The molecule has 6 nitrogen and oxygen atoms in total. The number of benzene rings is 1. The van der Waals surface area contributed by atoms with Gasteiger partial charge in [0.15, 0.2) is 6.61 Å². The lowest BCUT2D eigenvalue weighted by Crippen LogP contribution is -2.42. The first-order valence-electron chi connectivity index (χ1n) is 8.32. The molecule has 0 saturated carbocycles. The third kappa shape index (κ3) is 3.93. The van der Waals surface area contributed by atoms with E-state index in [-0.39, 0.29) is 12.5 Å². The van der Waals surface area contributed by atoms with Gasteiger partial charge in [0, 0.05) is 25.6 Å². The van der Waals surface area contributed by atoms with Crippen LogP contribution in [0.15, 0.2) is 28.8 Å². The number of ether oxygens (including phenoxy) is 1. The smallest absolute Gasteiger partial charge is 0.253 e. The number of amides is 1. The van der Waals surface area contributed by atoms with Crippen molar-refractivity contribution >= 4 is 5.91 Å². The molecule has 0 spiro atoms. The number of nitrogens with zero attached hydrogens (tertiary/aromatic N) is 3. The average molecular weight is 329 g/mol. The minimum absolute atomic E-state index is 0.0914. The van der Waals surface area contributed by atoms with Crippen molar-refractivity contribution in [1.29, 1.82) is 0 Å². The van der Waals surface area contributed by atoms with Crippen molar-refractivity contribution in [3.05, 3.63) is 41.5 Å². The molecule has 1 aliphatic heterocycles. The number of hydrogen-bond acceptors (Lipinski definition) is 5. The highest BCUT2D eigenvalue weighted by molar-refractivity contribution is 5.94. The van der Waals surface area contributed by atoms with Crippen LogP contribution in [-0.4, -0.2) is 34.0 Å². The summed E-state index contributed by atoms with van der Waals surface area (Å²) in [5, 5.41) is 3.78. The SMILES string of the molecule is Cc1nc(COc2ccc(C(=O)N3C[C@H](C)C[C@H](C)C3)cc2)no1. The van der Waals surface area contributed by atoms with Gasteiger partial charge in [0.05, 0.1) is 0 Å². The molecule has 2 heterocycles. The predicted molar refractivity (Wildman–Crippen MR) is 88.7 cm³/mol. The maximum atomic E-state index is 12.6. The molecule has 3 rings (SSSR count). The molecule has 1 aromatic heterocycles. The van der Waals surface area contributed by atoms with E-state index in [4.69, 9.17) is 9.26 Å². The van der Waals surface area contributed by atoms with Gasteiger partial charge in [0.25, 0.3) is 5.91 Å². The molecule has 1 aromatic carbocycles. The van der Waals surface area contributed by atoms with Crippen LogP contribution in [0.3, 0.4) is 0 Å². The van der Waals surface area contributed by atoms with Crippen molar-refractivity contribution in [3.63, 3.8) is 0 Å². The highest BCUT2D eigenvalue weighted by atomic mass is 16.5. The monoisotopic (exact) mass is 329 g/mol. The van der Waals surface area contributed by atoms with Crippen molar-refractivity contribution in [2.45, 2.75) is 33.8 Å². The largest absolute Gasteiger partial charge is 0.485 e. The second kappa shape index (κ2) is 7.03. The Balaban J connectivity index is 1.60. The van der Waals surface area contributed by atoms with Gasteiger partial charge in [-0.1, -0.05) is 19.0 Å². The van der Waals surface area contributed by atoms with Crippen LogP contribution < -0.4 is 4.74 Å². The van der Waals surface area contributed by atoms with Crippen LogP contribution in [0.5, 0.6) is 5.75 Å². The van der Waals surface area contributed by atoms with Crippen LogP contribution in [0.2, 0.25) is 0 Å². The summed E-state index contributed by atoms with van der Waals surface area (Å²) >= 11 is 0. The predicted octanol–water partition coefficient (Wildman–Crippen LogP) is 3.08. The molecular weight excluding hydrogens is 306 g/mol. The van der Waals surface area contributed by atoms with Crippen LogP contribution >= 0.6 is 0 Å². The standard InChI is InChI=1S/C18H23N3O3/c1-12-8-13(2)10-21(9-12)18(22)15-4-6-16(7-5-15)23-11-17-19-14(3)24-20-17/h4-7,12-13H,8-11H2,1-3H3/t12-,13+. The van der Waals surface area contributed by atoms with Gasteiger partial charge in [-0.2, -0.15) is 4.98 Å². The van der Waals surface area contributed by atoms with Gasteiger partial charge in [-0.25, -0.2) is 0 Å². The Bertz CT molecular complexity index is 686. The summed E-state index contributed by atoms with van der Waals surface area (Å²) in [5.74, 6) is 2.89. The fourth-order valence-electron chi connectivity index (χ4n) is 3.25. The number of aromatic nitrogens is 2. The van der Waals surface area contributed by atoms with Crippen molar-refractivity contribution in [2.24, 2.45) is 11.8 Å². The number of piperidine rings is 1. The van der Waals surface area contributed by atoms with E-state index in [0.717, 1.165) is 13.1 Å². The van der Waals surface area contributed by atoms with E-state index >= 15 is 0 Å². The second-order valence-corrected chi connectivity index (χ2v) is 6.70. The summed E-state index contributed by atoms with van der Waals surface area (Å²) in [5.41, 5.74) is 0.694. The first-order chi connectivity index (χ1) is 11.5. The van der Waals surface area contributed by atoms with E-state index in [2.05, 4.69) is 24.0 Å². The molecular formula is C18H23N3O3. The van der Waals surface area contributed by atoms with E-state index in [1.165, 1.54) is 6.42 Å². The minimum atomic E-state index is 0.0914. The Labute approximate surface area is 141 Å². The second-order valence-electron chi connectivity index (χ2n) is 6.70. The normalized spacial score (nSPS) is 20.9.